The smallest absolute Gasteiger partial charge is 0.119 e. The summed E-state index contributed by atoms with van der Waals surface area (Å²) in [5.74, 6) is 1.73. The number of aromatic nitrogens is 1. The predicted molar refractivity (Wildman–Crippen MR) is 71.8 cm³/mol. The van der Waals surface area contributed by atoms with Crippen molar-refractivity contribution < 1.29 is 4.74 Å². The van der Waals surface area contributed by atoms with E-state index in [9.17, 15) is 0 Å². The van der Waals surface area contributed by atoms with E-state index in [0.29, 0.717) is 5.02 Å². The summed E-state index contributed by atoms with van der Waals surface area (Å²) in [6.07, 6.45) is 1.72. The third-order valence-corrected chi connectivity index (χ3v) is 3.45. The summed E-state index contributed by atoms with van der Waals surface area (Å²) in [6, 6.07) is 11.7. The van der Waals surface area contributed by atoms with Gasteiger partial charge in [-0.05, 0) is 29.8 Å². The van der Waals surface area contributed by atoms with Gasteiger partial charge in [0, 0.05) is 17.0 Å². The van der Waals surface area contributed by atoms with E-state index in [0.717, 1.165) is 16.5 Å². The second-order valence-corrected chi connectivity index (χ2v) is 4.88. The second-order valence-electron chi connectivity index (χ2n) is 3.45. The summed E-state index contributed by atoms with van der Waals surface area (Å²) < 4.78 is 5.18. The maximum absolute atomic E-state index is 5.90. The van der Waals surface area contributed by atoms with Gasteiger partial charge in [-0.25, -0.2) is 4.98 Å². The van der Waals surface area contributed by atoms with Gasteiger partial charge in [0.2, 0.25) is 0 Å². The third-order valence-electron chi connectivity index (χ3n) is 2.22. The largest absolute Gasteiger partial charge is 0.497 e. The Labute approximate surface area is 110 Å². The van der Waals surface area contributed by atoms with Crippen molar-refractivity contribution in [2.24, 2.45) is 0 Å². The zero-order valence-corrected chi connectivity index (χ0v) is 11.0. The first-order valence-corrected chi connectivity index (χ1v) is 6.51. The second kappa shape index (κ2) is 5.94. The molecule has 2 aromatic rings. The molecule has 0 saturated carbocycles. The van der Waals surface area contributed by atoms with Gasteiger partial charge in [-0.1, -0.05) is 23.7 Å². The van der Waals surface area contributed by atoms with E-state index in [4.69, 9.17) is 16.3 Å². The predicted octanol–water partition coefficient (Wildman–Crippen LogP) is 4.04. The van der Waals surface area contributed by atoms with Crippen molar-refractivity contribution in [1.82, 2.24) is 4.98 Å². The molecule has 0 amide bonds. The summed E-state index contributed by atoms with van der Waals surface area (Å²) in [5.41, 5.74) is 1.20. The van der Waals surface area contributed by atoms with Gasteiger partial charge in [-0.15, -0.1) is 11.8 Å². The Morgan fingerprint density at radius 1 is 1.29 bits per heavy atom. The van der Waals surface area contributed by atoms with Crippen molar-refractivity contribution in [3.05, 3.63) is 53.2 Å². The molecule has 0 aliphatic rings. The average Bonchev–Trinajstić information content (AvgIpc) is 2.37. The number of hydrogen-bond acceptors (Lipinski definition) is 3. The molecule has 0 fully saturated rings. The summed E-state index contributed by atoms with van der Waals surface area (Å²) in [7, 11) is 1.67. The maximum Gasteiger partial charge on any atom is 0.119 e. The molecule has 0 spiro atoms. The lowest BCUT2D eigenvalue weighted by Crippen LogP contribution is -1.86. The van der Waals surface area contributed by atoms with Crippen molar-refractivity contribution in [1.29, 1.82) is 0 Å². The molecule has 2 nitrogen and oxygen atoms in total. The van der Waals surface area contributed by atoms with Crippen LogP contribution in [-0.2, 0) is 5.75 Å². The van der Waals surface area contributed by atoms with E-state index in [1.54, 1.807) is 31.1 Å². The van der Waals surface area contributed by atoms with Crippen LogP contribution in [0.1, 0.15) is 5.56 Å². The van der Waals surface area contributed by atoms with Gasteiger partial charge in [-0.3, -0.25) is 0 Å². The molecular weight excluding hydrogens is 254 g/mol. The van der Waals surface area contributed by atoms with Crippen LogP contribution in [0.3, 0.4) is 0 Å². The molecule has 1 aromatic carbocycles. The molecule has 0 N–H and O–H groups in total. The molecule has 17 heavy (non-hydrogen) atoms. The monoisotopic (exact) mass is 265 g/mol. The molecule has 2 rings (SSSR count). The van der Waals surface area contributed by atoms with Crippen molar-refractivity contribution in [3.63, 3.8) is 0 Å². The first-order chi connectivity index (χ1) is 8.28. The Morgan fingerprint density at radius 3 is 2.94 bits per heavy atom. The zero-order chi connectivity index (χ0) is 12.1. The standard InChI is InChI=1S/C13H12ClNOS/c1-16-12-4-2-3-10(7-12)9-17-13-8-11(14)5-6-15-13/h2-8H,9H2,1H3. The van der Waals surface area contributed by atoms with Crippen molar-refractivity contribution >= 4 is 23.4 Å². The molecule has 0 radical (unpaired) electrons. The molecule has 1 aromatic heterocycles. The van der Waals surface area contributed by atoms with Gasteiger partial charge >= 0.3 is 0 Å². The van der Waals surface area contributed by atoms with Gasteiger partial charge in [-0.2, -0.15) is 0 Å². The number of benzene rings is 1. The molecule has 88 valence electrons. The lowest BCUT2D eigenvalue weighted by molar-refractivity contribution is 0.414. The summed E-state index contributed by atoms with van der Waals surface area (Å²) in [6.45, 7) is 0. The fourth-order valence-corrected chi connectivity index (χ4v) is 2.45. The summed E-state index contributed by atoms with van der Waals surface area (Å²) in [5, 5.41) is 1.65. The molecule has 0 aliphatic heterocycles. The van der Waals surface area contributed by atoms with E-state index < -0.39 is 0 Å². The number of hydrogen-bond donors (Lipinski definition) is 0. The zero-order valence-electron chi connectivity index (χ0n) is 9.39. The fraction of sp³-hybridized carbons (Fsp3) is 0.154. The van der Waals surface area contributed by atoms with Crippen LogP contribution in [0, 0.1) is 0 Å². The first-order valence-electron chi connectivity index (χ1n) is 5.15. The van der Waals surface area contributed by atoms with Crippen molar-refractivity contribution in [2.45, 2.75) is 10.8 Å². The maximum atomic E-state index is 5.90. The Balaban J connectivity index is 2.02. The van der Waals surface area contributed by atoms with Gasteiger partial charge in [0.15, 0.2) is 0 Å². The number of rotatable bonds is 4. The van der Waals surface area contributed by atoms with Gasteiger partial charge < -0.3 is 4.74 Å². The van der Waals surface area contributed by atoms with Crippen LogP contribution < -0.4 is 4.74 Å². The molecule has 0 bridgehead atoms. The minimum atomic E-state index is 0.716. The summed E-state index contributed by atoms with van der Waals surface area (Å²) in [4.78, 5) is 4.24. The Kier molecular flexibility index (Phi) is 4.29. The van der Waals surface area contributed by atoms with E-state index in [1.165, 1.54) is 5.56 Å². The normalized spacial score (nSPS) is 10.2. The number of thioether (sulfide) groups is 1. The minimum Gasteiger partial charge on any atom is -0.497 e. The molecule has 0 saturated heterocycles. The molecule has 0 unspecified atom stereocenters. The van der Waals surface area contributed by atoms with Crippen LogP contribution in [-0.4, -0.2) is 12.1 Å². The third kappa shape index (κ3) is 3.65. The highest BCUT2D eigenvalue weighted by atomic mass is 35.5. The highest BCUT2D eigenvalue weighted by molar-refractivity contribution is 7.98. The Bertz CT molecular complexity index is 504. The van der Waals surface area contributed by atoms with E-state index in [-0.39, 0.29) is 0 Å². The number of halogens is 1. The van der Waals surface area contributed by atoms with Crippen molar-refractivity contribution in [3.8, 4) is 5.75 Å². The van der Waals surface area contributed by atoms with Crippen LogP contribution in [0.4, 0.5) is 0 Å². The first kappa shape index (κ1) is 12.3. The highest BCUT2D eigenvalue weighted by Gasteiger charge is 2.00. The number of ether oxygens (including phenoxy) is 1. The van der Waals surface area contributed by atoms with Crippen LogP contribution in [0.2, 0.25) is 5.02 Å². The number of methoxy groups -OCH3 is 1. The van der Waals surface area contributed by atoms with Crippen LogP contribution >= 0.6 is 23.4 Å². The number of pyridine rings is 1. The molecule has 4 heteroatoms. The highest BCUT2D eigenvalue weighted by Crippen LogP contribution is 2.24. The lowest BCUT2D eigenvalue weighted by Gasteiger charge is -2.04. The Morgan fingerprint density at radius 2 is 2.18 bits per heavy atom. The molecular formula is C13H12ClNOS. The Hall–Kier alpha value is -1.19. The summed E-state index contributed by atoms with van der Waals surface area (Å²) >= 11 is 7.56. The lowest BCUT2D eigenvalue weighted by atomic mass is 10.2. The van der Waals surface area contributed by atoms with E-state index >= 15 is 0 Å². The average molecular weight is 266 g/mol. The quantitative estimate of drug-likeness (QED) is 0.779. The van der Waals surface area contributed by atoms with Crippen molar-refractivity contribution in [2.75, 3.05) is 7.11 Å². The fourth-order valence-electron chi connectivity index (χ4n) is 1.38. The van der Waals surface area contributed by atoms with Crippen LogP contribution in [0.25, 0.3) is 0 Å². The van der Waals surface area contributed by atoms with Gasteiger partial charge in [0.05, 0.1) is 12.1 Å². The van der Waals surface area contributed by atoms with Crippen LogP contribution in [0.15, 0.2) is 47.6 Å². The molecule has 0 atom stereocenters. The number of nitrogens with zero attached hydrogens (tertiary/aromatic N) is 1. The van der Waals surface area contributed by atoms with Crippen LogP contribution in [0.5, 0.6) is 5.75 Å². The van der Waals surface area contributed by atoms with Gasteiger partial charge in [0.25, 0.3) is 0 Å². The SMILES string of the molecule is COc1cccc(CSc2cc(Cl)ccn2)c1. The van der Waals surface area contributed by atoms with E-state index in [1.807, 2.05) is 24.3 Å². The molecule has 0 aliphatic carbocycles. The van der Waals surface area contributed by atoms with E-state index in [2.05, 4.69) is 11.1 Å². The topological polar surface area (TPSA) is 22.1 Å². The molecule has 1 heterocycles. The minimum absolute atomic E-state index is 0.716. The van der Waals surface area contributed by atoms with Gasteiger partial charge in [0.1, 0.15) is 5.75 Å².